The first-order valence-electron chi connectivity index (χ1n) is 6.87. The third-order valence-corrected chi connectivity index (χ3v) is 4.17. The maximum atomic E-state index is 5.31. The normalized spacial score (nSPS) is 10.8. The summed E-state index contributed by atoms with van der Waals surface area (Å²) < 4.78 is 2.76. The number of nitrogens with one attached hydrogen (secondary N) is 1. The summed E-state index contributed by atoms with van der Waals surface area (Å²) in [6.07, 6.45) is 10.7. The van der Waals surface area contributed by atoms with Gasteiger partial charge in [0.15, 0.2) is 10.6 Å². The Morgan fingerprint density at radius 2 is 2.15 bits per heavy atom. The Morgan fingerprint density at radius 3 is 2.90 bits per heavy atom. The summed E-state index contributed by atoms with van der Waals surface area (Å²) in [5, 5.41) is 7.20. The topological polar surface area (TPSA) is 46.5 Å². The highest BCUT2D eigenvalue weighted by Gasteiger charge is 2.08. The van der Waals surface area contributed by atoms with Crippen LogP contribution in [0.3, 0.4) is 0 Å². The molecule has 6 heteroatoms. The highest BCUT2D eigenvalue weighted by molar-refractivity contribution is 7.98. The van der Waals surface area contributed by atoms with E-state index in [9.17, 15) is 0 Å². The summed E-state index contributed by atoms with van der Waals surface area (Å²) in [5.74, 6) is 2.14. The van der Waals surface area contributed by atoms with Crippen molar-refractivity contribution in [3.05, 3.63) is 29.3 Å². The van der Waals surface area contributed by atoms with Crippen molar-refractivity contribution < 1.29 is 0 Å². The molecule has 108 valence electrons. The van der Waals surface area contributed by atoms with Gasteiger partial charge in [-0.1, -0.05) is 12.8 Å². The van der Waals surface area contributed by atoms with E-state index in [1.54, 1.807) is 6.20 Å². The van der Waals surface area contributed by atoms with E-state index in [4.69, 9.17) is 12.2 Å². The molecule has 0 saturated heterocycles. The minimum Gasteiger partial charge on any atom is -0.300 e. The molecular formula is C14H20N4S2. The van der Waals surface area contributed by atoms with Crippen LogP contribution in [-0.4, -0.2) is 31.8 Å². The third-order valence-electron chi connectivity index (χ3n) is 3.16. The summed E-state index contributed by atoms with van der Waals surface area (Å²) in [6.45, 7) is 0.916. The van der Waals surface area contributed by atoms with Gasteiger partial charge in [-0.25, -0.2) is 0 Å². The predicted octanol–water partition coefficient (Wildman–Crippen LogP) is 3.93. The minimum absolute atomic E-state index is 0.688. The van der Waals surface area contributed by atoms with Crippen LogP contribution in [0.4, 0.5) is 0 Å². The lowest BCUT2D eigenvalue weighted by Gasteiger charge is -2.06. The van der Waals surface area contributed by atoms with Crippen LogP contribution in [0.25, 0.3) is 11.4 Å². The zero-order valence-electron chi connectivity index (χ0n) is 11.7. The van der Waals surface area contributed by atoms with Gasteiger partial charge in [0.05, 0.1) is 0 Å². The van der Waals surface area contributed by atoms with Gasteiger partial charge in [0.25, 0.3) is 0 Å². The smallest absolute Gasteiger partial charge is 0.195 e. The van der Waals surface area contributed by atoms with Gasteiger partial charge in [-0.3, -0.25) is 10.1 Å². The molecular weight excluding hydrogens is 288 g/mol. The SMILES string of the molecule is CSCCCCCCn1c(-c2cccnc2)n[nH]c1=S. The maximum Gasteiger partial charge on any atom is 0.195 e. The number of pyridine rings is 1. The number of hydrogen-bond acceptors (Lipinski definition) is 4. The number of rotatable bonds is 8. The van der Waals surface area contributed by atoms with Crippen LogP contribution in [0.2, 0.25) is 0 Å². The predicted molar refractivity (Wildman–Crippen MR) is 87.5 cm³/mol. The van der Waals surface area contributed by atoms with Crippen molar-refractivity contribution in [3.63, 3.8) is 0 Å². The molecule has 0 bridgehead atoms. The van der Waals surface area contributed by atoms with Crippen LogP contribution in [-0.2, 0) is 6.54 Å². The quantitative estimate of drug-likeness (QED) is 0.593. The Bertz CT molecular complexity index is 562. The van der Waals surface area contributed by atoms with Gasteiger partial charge in [0.2, 0.25) is 0 Å². The highest BCUT2D eigenvalue weighted by Crippen LogP contribution is 2.16. The average molecular weight is 308 g/mol. The van der Waals surface area contributed by atoms with Gasteiger partial charge in [-0.15, -0.1) is 0 Å². The lowest BCUT2D eigenvalue weighted by Crippen LogP contribution is -2.01. The van der Waals surface area contributed by atoms with Gasteiger partial charge >= 0.3 is 0 Å². The second kappa shape index (κ2) is 8.21. The number of thioether (sulfide) groups is 1. The molecule has 4 nitrogen and oxygen atoms in total. The van der Waals surface area contributed by atoms with Crippen molar-refractivity contribution in [2.24, 2.45) is 0 Å². The fraction of sp³-hybridized carbons (Fsp3) is 0.500. The number of hydrogen-bond donors (Lipinski definition) is 1. The van der Waals surface area contributed by atoms with E-state index in [-0.39, 0.29) is 0 Å². The van der Waals surface area contributed by atoms with Crippen LogP contribution in [0.15, 0.2) is 24.5 Å². The Labute approximate surface area is 129 Å². The Balaban J connectivity index is 1.95. The van der Waals surface area contributed by atoms with Crippen molar-refractivity contribution in [2.45, 2.75) is 32.2 Å². The van der Waals surface area contributed by atoms with E-state index < -0.39 is 0 Å². The Hall–Kier alpha value is -1.14. The van der Waals surface area contributed by atoms with Crippen molar-refractivity contribution in [1.29, 1.82) is 0 Å². The highest BCUT2D eigenvalue weighted by atomic mass is 32.2. The molecule has 0 fully saturated rings. The molecule has 0 radical (unpaired) electrons. The average Bonchev–Trinajstić information content (AvgIpc) is 2.85. The molecule has 0 atom stereocenters. The molecule has 2 rings (SSSR count). The molecule has 2 aromatic heterocycles. The second-order valence-electron chi connectivity index (χ2n) is 4.65. The number of nitrogens with zero attached hydrogens (tertiary/aromatic N) is 3. The van der Waals surface area contributed by atoms with Crippen LogP contribution in [0.1, 0.15) is 25.7 Å². The standard InChI is InChI=1S/C14H20N4S2/c1-20-10-5-3-2-4-9-18-13(16-17-14(18)19)12-7-6-8-15-11-12/h6-8,11H,2-5,9-10H2,1H3,(H,17,19). The molecule has 0 spiro atoms. The summed E-state index contributed by atoms with van der Waals surface area (Å²) in [5.41, 5.74) is 1.00. The summed E-state index contributed by atoms with van der Waals surface area (Å²) >= 11 is 7.23. The van der Waals surface area contributed by atoms with E-state index in [0.717, 1.165) is 24.4 Å². The zero-order valence-corrected chi connectivity index (χ0v) is 13.3. The molecule has 0 amide bonds. The lowest BCUT2D eigenvalue weighted by molar-refractivity contribution is 0.582. The summed E-state index contributed by atoms with van der Waals surface area (Å²) in [4.78, 5) is 4.14. The van der Waals surface area contributed by atoms with Crippen LogP contribution in [0, 0.1) is 4.77 Å². The van der Waals surface area contributed by atoms with E-state index in [1.165, 1.54) is 25.0 Å². The minimum atomic E-state index is 0.688. The fourth-order valence-corrected chi connectivity index (χ4v) is 2.83. The van der Waals surface area contributed by atoms with Crippen LogP contribution < -0.4 is 0 Å². The molecule has 0 aromatic carbocycles. The molecule has 0 aliphatic carbocycles. The third kappa shape index (κ3) is 4.18. The molecule has 1 N–H and O–H groups in total. The molecule has 0 unspecified atom stereocenters. The van der Waals surface area contributed by atoms with Gasteiger partial charge in [0, 0.05) is 24.5 Å². The van der Waals surface area contributed by atoms with E-state index in [1.807, 2.05) is 30.1 Å². The first kappa shape index (κ1) is 15.3. The molecule has 2 aromatic rings. The lowest BCUT2D eigenvalue weighted by atomic mass is 10.2. The maximum absolute atomic E-state index is 5.31. The monoisotopic (exact) mass is 308 g/mol. The molecule has 0 saturated carbocycles. The second-order valence-corrected chi connectivity index (χ2v) is 6.03. The van der Waals surface area contributed by atoms with Crippen molar-refractivity contribution in [3.8, 4) is 11.4 Å². The van der Waals surface area contributed by atoms with E-state index in [2.05, 4.69) is 26.0 Å². The molecule has 0 aliphatic heterocycles. The molecule has 0 aliphatic rings. The van der Waals surface area contributed by atoms with E-state index >= 15 is 0 Å². The summed E-state index contributed by atoms with van der Waals surface area (Å²) in [7, 11) is 0. The number of H-pyrrole nitrogens is 1. The number of aromatic nitrogens is 4. The first-order chi connectivity index (χ1) is 9.83. The summed E-state index contributed by atoms with van der Waals surface area (Å²) in [6, 6.07) is 3.92. The number of aromatic amines is 1. The number of unbranched alkanes of at least 4 members (excludes halogenated alkanes) is 3. The van der Waals surface area contributed by atoms with Crippen molar-refractivity contribution in [2.75, 3.05) is 12.0 Å². The molecule has 20 heavy (non-hydrogen) atoms. The van der Waals surface area contributed by atoms with Gasteiger partial charge < -0.3 is 4.57 Å². The molecule has 2 heterocycles. The van der Waals surface area contributed by atoms with Gasteiger partial charge in [-0.2, -0.15) is 16.9 Å². The first-order valence-corrected chi connectivity index (χ1v) is 8.67. The van der Waals surface area contributed by atoms with Crippen LogP contribution in [0.5, 0.6) is 0 Å². The van der Waals surface area contributed by atoms with Gasteiger partial charge in [-0.05, 0) is 49.2 Å². The van der Waals surface area contributed by atoms with Crippen molar-refractivity contribution in [1.82, 2.24) is 19.7 Å². The van der Waals surface area contributed by atoms with E-state index in [0.29, 0.717) is 4.77 Å². The Kier molecular flexibility index (Phi) is 6.26. The van der Waals surface area contributed by atoms with Crippen molar-refractivity contribution >= 4 is 24.0 Å². The fourth-order valence-electron chi connectivity index (χ4n) is 2.11. The van der Waals surface area contributed by atoms with Gasteiger partial charge in [0.1, 0.15) is 0 Å². The zero-order chi connectivity index (χ0) is 14.2. The Morgan fingerprint density at radius 1 is 1.30 bits per heavy atom. The van der Waals surface area contributed by atoms with Crippen LogP contribution >= 0.6 is 24.0 Å². The largest absolute Gasteiger partial charge is 0.300 e.